The van der Waals surface area contributed by atoms with Crippen LogP contribution in [0, 0.1) is 6.92 Å². The van der Waals surface area contributed by atoms with Crippen LogP contribution in [0.25, 0.3) is 0 Å². The topological polar surface area (TPSA) is 58.2 Å². The fourth-order valence-corrected chi connectivity index (χ4v) is 2.49. The molecule has 0 aromatic heterocycles. The van der Waals surface area contributed by atoms with E-state index in [0.29, 0.717) is 11.3 Å². The van der Waals surface area contributed by atoms with Gasteiger partial charge in [0.15, 0.2) is 0 Å². The van der Waals surface area contributed by atoms with Gasteiger partial charge in [0.2, 0.25) is 0 Å². The first-order chi connectivity index (χ1) is 8.93. The van der Waals surface area contributed by atoms with E-state index < -0.39 is 10.8 Å². The van der Waals surface area contributed by atoms with Crippen LogP contribution in [0.15, 0.2) is 18.2 Å². The lowest BCUT2D eigenvalue weighted by molar-refractivity contribution is 0.0939. The van der Waals surface area contributed by atoms with Gasteiger partial charge in [0.25, 0.3) is 5.91 Å². The highest BCUT2D eigenvalue weighted by Gasteiger charge is 2.11. The largest absolute Gasteiger partial charge is 0.388 e. The first kappa shape index (κ1) is 15.7. The first-order valence-corrected chi connectivity index (χ1v) is 8.06. The van der Waals surface area contributed by atoms with Crippen LogP contribution in [0.4, 0.5) is 5.69 Å². The highest BCUT2D eigenvalue weighted by molar-refractivity contribution is 7.84. The molecule has 0 bridgehead atoms. The molecule has 0 heterocycles. The Morgan fingerprint density at radius 2 is 2.11 bits per heavy atom. The van der Waals surface area contributed by atoms with E-state index in [4.69, 9.17) is 0 Å². The summed E-state index contributed by atoms with van der Waals surface area (Å²) in [7, 11) is 1.04. The molecule has 2 unspecified atom stereocenters. The fraction of sp³-hybridized carbons (Fsp3) is 0.500. The van der Waals surface area contributed by atoms with Crippen LogP contribution in [-0.2, 0) is 10.8 Å². The minimum Gasteiger partial charge on any atom is -0.388 e. The predicted molar refractivity (Wildman–Crippen MR) is 81.2 cm³/mol. The van der Waals surface area contributed by atoms with Crippen LogP contribution >= 0.6 is 0 Å². The zero-order chi connectivity index (χ0) is 14.4. The molecule has 106 valence electrons. The maximum absolute atomic E-state index is 12.0. The Labute approximate surface area is 117 Å². The van der Waals surface area contributed by atoms with Crippen molar-refractivity contribution in [1.82, 2.24) is 5.32 Å². The van der Waals surface area contributed by atoms with Gasteiger partial charge in [-0.1, -0.05) is 0 Å². The summed E-state index contributed by atoms with van der Waals surface area (Å²) in [6, 6.07) is 5.60. The number of amides is 1. The van der Waals surface area contributed by atoms with Crippen molar-refractivity contribution in [2.45, 2.75) is 26.3 Å². The third-order valence-electron chi connectivity index (χ3n) is 2.97. The molecular formula is C14H22N2O2S. The number of rotatable bonds is 6. The van der Waals surface area contributed by atoms with Crippen LogP contribution < -0.4 is 10.6 Å². The van der Waals surface area contributed by atoms with Crippen molar-refractivity contribution >= 4 is 22.4 Å². The van der Waals surface area contributed by atoms with Crippen LogP contribution in [0.2, 0.25) is 0 Å². The standard InChI is InChI=1S/C14H22N2O2S/c1-10-9-12(5-6-13(10)15-3)14(17)16-11(2)7-8-19(4)18/h5-6,9,11,15H,7-8H2,1-4H3,(H,16,17). The average molecular weight is 282 g/mol. The molecule has 0 aliphatic heterocycles. The van der Waals surface area contributed by atoms with Gasteiger partial charge >= 0.3 is 0 Å². The van der Waals surface area contributed by atoms with Crippen LogP contribution in [0.3, 0.4) is 0 Å². The number of anilines is 1. The van der Waals surface area contributed by atoms with Gasteiger partial charge in [-0.25, -0.2) is 0 Å². The molecule has 2 N–H and O–H groups in total. The van der Waals surface area contributed by atoms with Crippen molar-refractivity contribution in [2.24, 2.45) is 0 Å². The van der Waals surface area contributed by atoms with Crippen molar-refractivity contribution in [3.8, 4) is 0 Å². The summed E-state index contributed by atoms with van der Waals surface area (Å²) in [5.41, 5.74) is 2.71. The number of carbonyl (C=O) groups excluding carboxylic acids is 1. The molecule has 5 heteroatoms. The van der Waals surface area contributed by atoms with Gasteiger partial charge < -0.3 is 10.6 Å². The zero-order valence-electron chi connectivity index (χ0n) is 11.9. The highest BCUT2D eigenvalue weighted by atomic mass is 32.2. The number of hydrogen-bond donors (Lipinski definition) is 2. The van der Waals surface area contributed by atoms with Gasteiger partial charge in [0, 0.05) is 47.1 Å². The molecule has 1 rings (SSSR count). The molecule has 2 atom stereocenters. The van der Waals surface area contributed by atoms with E-state index in [1.165, 1.54) is 0 Å². The number of benzene rings is 1. The third kappa shape index (κ3) is 5.03. The van der Waals surface area contributed by atoms with Gasteiger partial charge in [0.05, 0.1) is 0 Å². The second kappa shape index (κ2) is 7.28. The van der Waals surface area contributed by atoms with Crippen molar-refractivity contribution < 1.29 is 9.00 Å². The molecule has 0 radical (unpaired) electrons. The zero-order valence-corrected chi connectivity index (χ0v) is 12.8. The van der Waals surface area contributed by atoms with E-state index in [1.807, 2.05) is 33.0 Å². The van der Waals surface area contributed by atoms with E-state index in [2.05, 4.69) is 10.6 Å². The first-order valence-electron chi connectivity index (χ1n) is 6.33. The monoisotopic (exact) mass is 282 g/mol. The molecule has 0 saturated carbocycles. The van der Waals surface area contributed by atoms with Crippen molar-refractivity contribution in [2.75, 3.05) is 24.4 Å². The summed E-state index contributed by atoms with van der Waals surface area (Å²) in [5.74, 6) is 0.527. The van der Waals surface area contributed by atoms with Crippen LogP contribution in [-0.4, -0.2) is 35.2 Å². The quantitative estimate of drug-likeness (QED) is 0.838. The van der Waals surface area contributed by atoms with E-state index in [9.17, 15) is 9.00 Å². The fourth-order valence-electron chi connectivity index (χ4n) is 1.81. The number of carbonyl (C=O) groups is 1. The molecule has 0 aliphatic carbocycles. The van der Waals surface area contributed by atoms with Gasteiger partial charge in [-0.15, -0.1) is 0 Å². The molecule has 1 aromatic carbocycles. The van der Waals surface area contributed by atoms with Gasteiger partial charge in [0.1, 0.15) is 0 Å². The predicted octanol–water partition coefficient (Wildman–Crippen LogP) is 1.92. The Balaban J connectivity index is 2.62. The molecule has 0 fully saturated rings. The molecule has 0 spiro atoms. The van der Waals surface area contributed by atoms with E-state index in [1.54, 1.807) is 12.3 Å². The summed E-state index contributed by atoms with van der Waals surface area (Å²) < 4.78 is 11.0. The maximum Gasteiger partial charge on any atom is 0.251 e. The summed E-state index contributed by atoms with van der Waals surface area (Å²) in [6.07, 6.45) is 2.40. The average Bonchev–Trinajstić information content (AvgIpc) is 2.36. The SMILES string of the molecule is CNc1ccc(C(=O)NC(C)CCS(C)=O)cc1C. The molecule has 4 nitrogen and oxygen atoms in total. The summed E-state index contributed by atoms with van der Waals surface area (Å²) in [5, 5.41) is 5.99. The molecule has 19 heavy (non-hydrogen) atoms. The lowest BCUT2D eigenvalue weighted by Gasteiger charge is -2.14. The second-order valence-corrected chi connectivity index (χ2v) is 6.27. The Bertz CT molecular complexity index is 475. The lowest BCUT2D eigenvalue weighted by Crippen LogP contribution is -2.33. The Morgan fingerprint density at radius 1 is 1.42 bits per heavy atom. The Hall–Kier alpha value is -1.36. The third-order valence-corrected chi connectivity index (χ3v) is 3.78. The Morgan fingerprint density at radius 3 is 2.63 bits per heavy atom. The number of nitrogens with one attached hydrogen (secondary N) is 2. The van der Waals surface area contributed by atoms with E-state index in [0.717, 1.165) is 17.7 Å². The smallest absolute Gasteiger partial charge is 0.251 e. The maximum atomic E-state index is 12.0. The van der Waals surface area contributed by atoms with Gasteiger partial charge in [-0.05, 0) is 44.0 Å². The number of hydrogen-bond acceptors (Lipinski definition) is 3. The van der Waals surface area contributed by atoms with Crippen molar-refractivity contribution in [3.63, 3.8) is 0 Å². The van der Waals surface area contributed by atoms with Gasteiger partial charge in [-0.3, -0.25) is 9.00 Å². The van der Waals surface area contributed by atoms with E-state index in [-0.39, 0.29) is 11.9 Å². The summed E-state index contributed by atoms with van der Waals surface area (Å²) in [6.45, 7) is 3.89. The molecule has 0 saturated heterocycles. The second-order valence-electron chi connectivity index (χ2n) is 4.72. The molecule has 0 aliphatic rings. The van der Waals surface area contributed by atoms with Crippen molar-refractivity contribution in [1.29, 1.82) is 0 Å². The van der Waals surface area contributed by atoms with Crippen molar-refractivity contribution in [3.05, 3.63) is 29.3 Å². The van der Waals surface area contributed by atoms with E-state index >= 15 is 0 Å². The number of aryl methyl sites for hydroxylation is 1. The summed E-state index contributed by atoms with van der Waals surface area (Å²) in [4.78, 5) is 12.0. The minimum atomic E-state index is -0.813. The molecular weight excluding hydrogens is 260 g/mol. The normalized spacial score (nSPS) is 13.7. The minimum absolute atomic E-state index is 0.0284. The van der Waals surface area contributed by atoms with Gasteiger partial charge in [-0.2, -0.15) is 0 Å². The summed E-state index contributed by atoms with van der Waals surface area (Å²) >= 11 is 0. The molecule has 1 aromatic rings. The Kier molecular flexibility index (Phi) is 6.02. The van der Waals surface area contributed by atoms with Crippen LogP contribution in [0.1, 0.15) is 29.3 Å². The van der Waals surface area contributed by atoms with Crippen LogP contribution in [0.5, 0.6) is 0 Å². The lowest BCUT2D eigenvalue weighted by atomic mass is 10.1. The highest BCUT2D eigenvalue weighted by Crippen LogP contribution is 2.15. The molecule has 1 amide bonds.